The Kier molecular flexibility index (Phi) is 7.00. The lowest BCUT2D eigenvalue weighted by Crippen LogP contribution is -2.43. The van der Waals surface area contributed by atoms with Gasteiger partial charge in [-0.25, -0.2) is 15.0 Å². The maximum atomic E-state index is 5.56. The predicted octanol–water partition coefficient (Wildman–Crippen LogP) is 11.1. The van der Waals surface area contributed by atoms with Crippen molar-refractivity contribution in [3.63, 3.8) is 0 Å². The number of hydrogen-bond acceptors (Lipinski definition) is 3. The maximum Gasteiger partial charge on any atom is 0.165 e. The van der Waals surface area contributed by atoms with Crippen molar-refractivity contribution in [3.8, 4) is 39.6 Å². The zero-order chi connectivity index (χ0) is 32.2. The summed E-state index contributed by atoms with van der Waals surface area (Å²) in [5.41, 5.74) is 7.77. The second-order valence-electron chi connectivity index (χ2n) is 14.6. The van der Waals surface area contributed by atoms with E-state index in [2.05, 4.69) is 146 Å². The van der Waals surface area contributed by atoms with Crippen LogP contribution in [0.25, 0.3) is 61.4 Å². The van der Waals surface area contributed by atoms with Gasteiger partial charge in [-0.1, -0.05) is 123 Å². The Morgan fingerprint density at radius 3 is 1.71 bits per heavy atom. The molecule has 0 radical (unpaired) electrons. The molecule has 9 rings (SSSR count). The van der Waals surface area contributed by atoms with Crippen LogP contribution in [0.4, 0.5) is 0 Å². The van der Waals surface area contributed by atoms with E-state index >= 15 is 0 Å². The second-order valence-corrected chi connectivity index (χ2v) is 14.6. The van der Waals surface area contributed by atoms with Crippen LogP contribution in [-0.2, 0) is 5.41 Å². The Morgan fingerprint density at radius 1 is 0.521 bits per heavy atom. The molecular weight excluding hydrogens is 585 g/mol. The lowest BCUT2D eigenvalue weighted by Gasteiger charge is -2.49. The Labute approximate surface area is 282 Å². The van der Waals surface area contributed by atoms with Gasteiger partial charge in [0.25, 0.3) is 0 Å². The molecule has 4 nitrogen and oxygen atoms in total. The normalized spacial score (nSPS) is 22.2. The summed E-state index contributed by atoms with van der Waals surface area (Å²) in [5.74, 6) is 4.53. The van der Waals surface area contributed by atoms with Gasteiger partial charge in [0, 0.05) is 32.9 Å². The van der Waals surface area contributed by atoms with Crippen LogP contribution >= 0.6 is 0 Å². The van der Waals surface area contributed by atoms with Gasteiger partial charge in [-0.05, 0) is 73.6 Å². The fraction of sp³-hybridized carbons (Fsp3) is 0.250. The minimum atomic E-state index is -0.0364. The number of fused-ring (bicyclic) bond motifs is 5. The maximum absolute atomic E-state index is 5.56. The molecule has 2 bridgehead atoms. The molecule has 2 aliphatic rings. The Bertz CT molecular complexity index is 2200. The van der Waals surface area contributed by atoms with Crippen LogP contribution in [0.2, 0.25) is 0 Å². The third kappa shape index (κ3) is 4.85. The molecule has 236 valence electrons. The highest BCUT2D eigenvalue weighted by Gasteiger charge is 2.47. The molecule has 0 aliphatic heterocycles. The van der Waals surface area contributed by atoms with Gasteiger partial charge in [0.1, 0.15) is 5.82 Å². The molecular formula is C44H40N4. The van der Waals surface area contributed by atoms with E-state index in [0.29, 0.717) is 11.8 Å². The fourth-order valence-electron chi connectivity index (χ4n) is 9.41. The molecule has 2 heterocycles. The number of hydrogen-bond donors (Lipinski definition) is 0. The van der Waals surface area contributed by atoms with Gasteiger partial charge < -0.3 is 4.57 Å². The van der Waals surface area contributed by atoms with Gasteiger partial charge >= 0.3 is 0 Å². The quantitative estimate of drug-likeness (QED) is 0.191. The van der Waals surface area contributed by atoms with Gasteiger partial charge in [0.05, 0.1) is 16.7 Å². The minimum Gasteiger partial charge on any atom is -0.308 e. The molecule has 48 heavy (non-hydrogen) atoms. The van der Waals surface area contributed by atoms with Gasteiger partial charge in [0.15, 0.2) is 11.6 Å². The molecule has 0 spiro atoms. The van der Waals surface area contributed by atoms with E-state index in [0.717, 1.165) is 64.2 Å². The average Bonchev–Trinajstić information content (AvgIpc) is 3.45. The van der Waals surface area contributed by atoms with Crippen molar-refractivity contribution in [2.45, 2.75) is 51.4 Å². The summed E-state index contributed by atoms with van der Waals surface area (Å²) in [5, 5.41) is 2.47. The monoisotopic (exact) mass is 624 g/mol. The number of para-hydroxylation sites is 3. The van der Waals surface area contributed by atoms with Crippen LogP contribution in [0, 0.1) is 17.8 Å². The summed E-state index contributed by atoms with van der Waals surface area (Å²) in [4.78, 5) is 16.3. The van der Waals surface area contributed by atoms with Crippen molar-refractivity contribution in [1.29, 1.82) is 0 Å². The second kappa shape index (κ2) is 11.6. The van der Waals surface area contributed by atoms with Crippen LogP contribution in [0.1, 0.15) is 51.8 Å². The molecule has 2 fully saturated rings. The zero-order valence-electron chi connectivity index (χ0n) is 27.7. The molecule has 3 unspecified atom stereocenters. The number of rotatable bonds is 5. The number of nitrogens with zero attached hydrogens (tertiary/aromatic N) is 4. The molecule has 4 atom stereocenters. The van der Waals surface area contributed by atoms with Gasteiger partial charge in [-0.2, -0.15) is 0 Å². The molecule has 0 amide bonds. The van der Waals surface area contributed by atoms with E-state index in [1.807, 2.05) is 0 Å². The van der Waals surface area contributed by atoms with E-state index in [4.69, 9.17) is 15.0 Å². The first-order valence-electron chi connectivity index (χ1n) is 17.6. The molecule has 2 saturated carbocycles. The summed E-state index contributed by atoms with van der Waals surface area (Å²) >= 11 is 0. The van der Waals surface area contributed by atoms with Gasteiger partial charge in [0.2, 0.25) is 0 Å². The average molecular weight is 625 g/mol. The Hall–Kier alpha value is -5.09. The van der Waals surface area contributed by atoms with Crippen LogP contribution in [0.15, 0.2) is 127 Å². The summed E-state index contributed by atoms with van der Waals surface area (Å²) in [6, 6.07) is 45.3. The molecule has 7 aromatic rings. The molecule has 2 aliphatic carbocycles. The van der Waals surface area contributed by atoms with Crippen LogP contribution in [0.3, 0.4) is 0 Å². The predicted molar refractivity (Wildman–Crippen MR) is 197 cm³/mol. The van der Waals surface area contributed by atoms with Crippen LogP contribution < -0.4 is 0 Å². The highest BCUT2D eigenvalue weighted by Crippen LogP contribution is 2.53. The lowest BCUT2D eigenvalue weighted by molar-refractivity contribution is 0.0720. The van der Waals surface area contributed by atoms with Gasteiger partial charge in [-0.3, -0.25) is 0 Å². The van der Waals surface area contributed by atoms with Crippen molar-refractivity contribution in [2.75, 3.05) is 0 Å². The van der Waals surface area contributed by atoms with Crippen molar-refractivity contribution in [1.82, 2.24) is 19.5 Å². The van der Waals surface area contributed by atoms with E-state index < -0.39 is 0 Å². The van der Waals surface area contributed by atoms with Crippen molar-refractivity contribution in [2.24, 2.45) is 17.8 Å². The zero-order valence-corrected chi connectivity index (χ0v) is 27.7. The summed E-state index contributed by atoms with van der Waals surface area (Å²) < 4.78 is 2.44. The third-order valence-electron chi connectivity index (χ3n) is 10.9. The van der Waals surface area contributed by atoms with E-state index in [9.17, 15) is 0 Å². The smallest absolute Gasteiger partial charge is 0.165 e. The van der Waals surface area contributed by atoms with Gasteiger partial charge in [-0.15, -0.1) is 0 Å². The number of aromatic nitrogens is 4. The molecule has 0 N–H and O–H groups in total. The molecule has 4 heteroatoms. The Balaban J connectivity index is 1.36. The largest absolute Gasteiger partial charge is 0.308 e. The third-order valence-corrected chi connectivity index (χ3v) is 10.9. The first kappa shape index (κ1) is 29.1. The summed E-state index contributed by atoms with van der Waals surface area (Å²) in [6.07, 6.45) is 6.06. The number of benzene rings is 5. The molecule has 5 aromatic carbocycles. The van der Waals surface area contributed by atoms with Crippen molar-refractivity contribution in [3.05, 3.63) is 133 Å². The van der Waals surface area contributed by atoms with Crippen LogP contribution in [0.5, 0.6) is 0 Å². The molecule has 0 saturated heterocycles. The first-order chi connectivity index (χ1) is 23.6. The first-order valence-corrected chi connectivity index (χ1v) is 17.6. The highest BCUT2D eigenvalue weighted by molar-refractivity contribution is 6.10. The van der Waals surface area contributed by atoms with Crippen molar-refractivity contribution >= 4 is 21.8 Å². The Morgan fingerprint density at radius 2 is 1.06 bits per heavy atom. The highest BCUT2D eigenvalue weighted by atomic mass is 15.1. The topological polar surface area (TPSA) is 43.6 Å². The van der Waals surface area contributed by atoms with E-state index in [-0.39, 0.29) is 5.41 Å². The van der Waals surface area contributed by atoms with E-state index in [1.54, 1.807) is 0 Å². The standard InChI is InChI=1S/C44H40N4/c1-29-24-31-25-30(2)27-44(26-29,28-31)43-46-41(33-16-7-4-8-17-33)45-42(47-43)37-21-13-20-34(32-14-5-3-6-15-32)40(37)48-38-22-11-9-18-35(38)36-19-10-12-23-39(36)48/h3-23,29-31H,24-28H2,1-2H3/t29-,30?,31?,44?/m1/s1. The minimum absolute atomic E-state index is 0.0364. The van der Waals surface area contributed by atoms with Crippen molar-refractivity contribution < 1.29 is 0 Å². The summed E-state index contributed by atoms with van der Waals surface area (Å²) in [6.45, 7) is 4.86. The fourth-order valence-corrected chi connectivity index (χ4v) is 9.41. The summed E-state index contributed by atoms with van der Waals surface area (Å²) in [7, 11) is 0. The van der Waals surface area contributed by atoms with E-state index in [1.165, 1.54) is 41.1 Å². The molecule has 2 aromatic heterocycles. The van der Waals surface area contributed by atoms with Crippen LogP contribution in [-0.4, -0.2) is 19.5 Å². The lowest BCUT2D eigenvalue weighted by atomic mass is 9.56. The SMILES string of the molecule is CC1CC2C[C@@H](C)CC(c3nc(-c4ccccc4)nc(-c4cccc(-c5ccccc5)c4-n4c5ccccc5c5ccccc54)n3)(C1)C2.